The van der Waals surface area contributed by atoms with Crippen molar-refractivity contribution in [1.29, 1.82) is 0 Å². The van der Waals surface area contributed by atoms with Crippen molar-refractivity contribution in [3.8, 4) is 11.6 Å². The Balaban J connectivity index is 1.53. The first-order valence-electron chi connectivity index (χ1n) is 8.14. The van der Waals surface area contributed by atoms with Crippen LogP contribution in [0, 0.1) is 0 Å². The lowest BCUT2D eigenvalue weighted by Crippen LogP contribution is -2.03. The molecule has 3 aromatic rings. The number of ether oxygens (including phenoxy) is 1. The number of hydrogen-bond donors (Lipinski definition) is 0. The number of benzene rings is 1. The van der Waals surface area contributed by atoms with Gasteiger partial charge in [-0.1, -0.05) is 17.7 Å². The highest BCUT2D eigenvalue weighted by Crippen LogP contribution is 2.54. The van der Waals surface area contributed by atoms with Gasteiger partial charge < -0.3 is 4.74 Å². The molecule has 1 saturated carbocycles. The highest BCUT2D eigenvalue weighted by molar-refractivity contribution is 6.33. The summed E-state index contributed by atoms with van der Waals surface area (Å²) in [5, 5.41) is 0.397. The summed E-state index contributed by atoms with van der Waals surface area (Å²) in [6.07, 6.45) is 7.94. The van der Waals surface area contributed by atoms with E-state index in [1.54, 1.807) is 24.5 Å². The number of halogens is 1. The fourth-order valence-electron chi connectivity index (χ4n) is 3.03. The Bertz CT molecular complexity index is 948. The average molecular weight is 367 g/mol. The molecule has 7 heteroatoms. The summed E-state index contributed by atoms with van der Waals surface area (Å²) in [6, 6.07) is 7.25. The minimum absolute atomic E-state index is 0.318. The average Bonchev–Trinajstić information content (AvgIpc) is 3.49. The largest absolute Gasteiger partial charge is 0.465 e. The summed E-state index contributed by atoms with van der Waals surface area (Å²) in [7, 11) is 1.35. The zero-order valence-corrected chi connectivity index (χ0v) is 14.7. The number of carbonyl (C=O) groups excluding carboxylic acids is 1. The molecular formula is C19H15ClN4O2. The van der Waals surface area contributed by atoms with Gasteiger partial charge in [0.15, 0.2) is 11.6 Å². The molecule has 1 aromatic carbocycles. The highest BCUT2D eigenvalue weighted by Gasteiger charge is 2.40. The first-order valence-corrected chi connectivity index (χ1v) is 8.52. The van der Waals surface area contributed by atoms with Gasteiger partial charge in [0, 0.05) is 24.8 Å². The summed E-state index contributed by atoms with van der Waals surface area (Å²) < 4.78 is 4.78. The van der Waals surface area contributed by atoms with Crippen LogP contribution < -0.4 is 0 Å². The van der Waals surface area contributed by atoms with E-state index in [9.17, 15) is 4.79 Å². The lowest BCUT2D eigenvalue weighted by atomic mass is 10.0. The van der Waals surface area contributed by atoms with Gasteiger partial charge in [0.1, 0.15) is 0 Å². The van der Waals surface area contributed by atoms with Crippen molar-refractivity contribution in [3.63, 3.8) is 0 Å². The molecule has 4 rings (SSSR count). The van der Waals surface area contributed by atoms with E-state index in [-0.39, 0.29) is 0 Å². The van der Waals surface area contributed by atoms with Crippen LogP contribution in [-0.4, -0.2) is 33.0 Å². The van der Waals surface area contributed by atoms with Crippen LogP contribution in [0.5, 0.6) is 0 Å². The fraction of sp³-hybridized carbons (Fsp3) is 0.211. The molecule has 1 aliphatic carbocycles. The molecule has 1 aliphatic rings. The SMILES string of the molecule is COC(=O)c1cc(C2CC2c2cnc(-c3ncccn3)nc2)ccc1Cl. The van der Waals surface area contributed by atoms with Crippen LogP contribution in [-0.2, 0) is 4.74 Å². The lowest BCUT2D eigenvalue weighted by Gasteiger charge is -2.06. The van der Waals surface area contributed by atoms with Crippen LogP contribution in [0.4, 0.5) is 0 Å². The quantitative estimate of drug-likeness (QED) is 0.656. The van der Waals surface area contributed by atoms with Crippen LogP contribution in [0.2, 0.25) is 5.02 Å². The molecule has 1 fully saturated rings. The van der Waals surface area contributed by atoms with Crippen molar-refractivity contribution >= 4 is 17.6 Å². The number of carbonyl (C=O) groups is 1. The van der Waals surface area contributed by atoms with Gasteiger partial charge in [-0.3, -0.25) is 0 Å². The van der Waals surface area contributed by atoms with E-state index in [0.29, 0.717) is 34.1 Å². The Hall–Kier alpha value is -2.86. The molecule has 0 spiro atoms. The van der Waals surface area contributed by atoms with Crippen molar-refractivity contribution in [2.75, 3.05) is 7.11 Å². The standard InChI is InChI=1S/C19H15ClN4O2/c1-26-19(25)15-7-11(3-4-16(15)20)13-8-14(13)12-9-23-18(24-10-12)17-21-5-2-6-22-17/h2-7,9-10,13-14H,8H2,1H3. The fourth-order valence-corrected chi connectivity index (χ4v) is 3.23. The van der Waals surface area contributed by atoms with Crippen molar-refractivity contribution in [3.05, 3.63) is 70.8 Å². The topological polar surface area (TPSA) is 77.9 Å². The first-order chi connectivity index (χ1) is 12.7. The molecule has 2 unspecified atom stereocenters. The molecule has 0 N–H and O–H groups in total. The van der Waals surface area contributed by atoms with Gasteiger partial charge >= 0.3 is 5.97 Å². The Morgan fingerprint density at radius 2 is 1.69 bits per heavy atom. The molecule has 0 aliphatic heterocycles. The van der Waals surface area contributed by atoms with Crippen molar-refractivity contribution < 1.29 is 9.53 Å². The minimum atomic E-state index is -0.426. The van der Waals surface area contributed by atoms with Crippen molar-refractivity contribution in [2.24, 2.45) is 0 Å². The second-order valence-corrected chi connectivity index (χ2v) is 6.50. The number of nitrogens with zero attached hydrogens (tertiary/aromatic N) is 4. The Labute approximate surface area is 155 Å². The summed E-state index contributed by atoms with van der Waals surface area (Å²) in [4.78, 5) is 28.9. The molecule has 0 amide bonds. The molecule has 0 saturated heterocycles. The van der Waals surface area contributed by atoms with E-state index in [1.165, 1.54) is 7.11 Å². The maximum absolute atomic E-state index is 11.8. The van der Waals surface area contributed by atoms with E-state index in [2.05, 4.69) is 19.9 Å². The normalized spacial score (nSPS) is 18.4. The summed E-state index contributed by atoms with van der Waals surface area (Å²) >= 11 is 6.09. The summed E-state index contributed by atoms with van der Waals surface area (Å²) in [5.74, 6) is 1.23. The number of methoxy groups -OCH3 is 1. The van der Waals surface area contributed by atoms with Crippen LogP contribution in [0.15, 0.2) is 49.1 Å². The lowest BCUT2D eigenvalue weighted by molar-refractivity contribution is 0.0601. The highest BCUT2D eigenvalue weighted by atomic mass is 35.5. The predicted octanol–water partition coefficient (Wildman–Crippen LogP) is 3.64. The smallest absolute Gasteiger partial charge is 0.339 e. The molecule has 2 heterocycles. The van der Waals surface area contributed by atoms with Gasteiger partial charge in [0.25, 0.3) is 0 Å². The van der Waals surface area contributed by atoms with Gasteiger partial charge in [-0.25, -0.2) is 24.7 Å². The van der Waals surface area contributed by atoms with Gasteiger partial charge in [0.2, 0.25) is 0 Å². The van der Waals surface area contributed by atoms with E-state index in [1.807, 2.05) is 24.5 Å². The predicted molar refractivity (Wildman–Crippen MR) is 95.9 cm³/mol. The van der Waals surface area contributed by atoms with E-state index >= 15 is 0 Å². The number of hydrogen-bond acceptors (Lipinski definition) is 6. The molecule has 0 bridgehead atoms. The maximum Gasteiger partial charge on any atom is 0.339 e. The zero-order chi connectivity index (χ0) is 18.1. The molecule has 26 heavy (non-hydrogen) atoms. The Morgan fingerprint density at radius 3 is 2.38 bits per heavy atom. The molecule has 2 atom stereocenters. The van der Waals surface area contributed by atoms with E-state index < -0.39 is 5.97 Å². The number of aromatic nitrogens is 4. The number of esters is 1. The molecule has 6 nitrogen and oxygen atoms in total. The van der Waals surface area contributed by atoms with E-state index in [4.69, 9.17) is 16.3 Å². The third-order valence-corrected chi connectivity index (χ3v) is 4.81. The van der Waals surface area contributed by atoms with Gasteiger partial charge in [-0.05, 0) is 47.6 Å². The van der Waals surface area contributed by atoms with Gasteiger partial charge in [0.05, 0.1) is 17.7 Å². The zero-order valence-electron chi connectivity index (χ0n) is 14.0. The minimum Gasteiger partial charge on any atom is -0.465 e. The Kier molecular flexibility index (Phi) is 4.34. The molecule has 0 radical (unpaired) electrons. The van der Waals surface area contributed by atoms with Gasteiger partial charge in [-0.2, -0.15) is 0 Å². The van der Waals surface area contributed by atoms with Crippen LogP contribution >= 0.6 is 11.6 Å². The Morgan fingerprint density at radius 1 is 1.04 bits per heavy atom. The summed E-state index contributed by atoms with van der Waals surface area (Å²) in [6.45, 7) is 0. The first kappa shape index (κ1) is 16.6. The van der Waals surface area contributed by atoms with Gasteiger partial charge in [-0.15, -0.1) is 0 Å². The van der Waals surface area contributed by atoms with E-state index in [0.717, 1.165) is 17.5 Å². The number of rotatable bonds is 4. The van der Waals surface area contributed by atoms with Crippen molar-refractivity contribution in [1.82, 2.24) is 19.9 Å². The van der Waals surface area contributed by atoms with Crippen LogP contribution in [0.3, 0.4) is 0 Å². The van der Waals surface area contributed by atoms with Crippen molar-refractivity contribution in [2.45, 2.75) is 18.3 Å². The monoisotopic (exact) mass is 366 g/mol. The third-order valence-electron chi connectivity index (χ3n) is 4.48. The third kappa shape index (κ3) is 3.15. The molecular weight excluding hydrogens is 352 g/mol. The maximum atomic E-state index is 11.8. The second-order valence-electron chi connectivity index (χ2n) is 6.09. The molecule has 2 aromatic heterocycles. The van der Waals surface area contributed by atoms with Crippen LogP contribution in [0.1, 0.15) is 39.7 Å². The summed E-state index contributed by atoms with van der Waals surface area (Å²) in [5.41, 5.74) is 2.52. The second kappa shape index (κ2) is 6.80. The van der Waals surface area contributed by atoms with Crippen LogP contribution in [0.25, 0.3) is 11.6 Å². The molecule has 130 valence electrons.